The second kappa shape index (κ2) is 9.30. The van der Waals surface area contributed by atoms with Gasteiger partial charge in [0.15, 0.2) is 5.11 Å². The Kier molecular flexibility index (Phi) is 6.82. The average molecular weight is 404 g/mol. The molecule has 0 radical (unpaired) electrons. The first-order chi connectivity index (χ1) is 13.1. The summed E-state index contributed by atoms with van der Waals surface area (Å²) in [6.07, 6.45) is 1.17. The molecule has 0 spiro atoms. The zero-order valence-corrected chi connectivity index (χ0v) is 17.4. The highest BCUT2D eigenvalue weighted by Crippen LogP contribution is 2.36. The number of esters is 1. The Morgan fingerprint density at radius 2 is 1.93 bits per heavy atom. The van der Waals surface area contributed by atoms with Gasteiger partial charge in [-0.1, -0.05) is 37.3 Å². The summed E-state index contributed by atoms with van der Waals surface area (Å²) in [4.78, 5) is 17.9. The van der Waals surface area contributed by atoms with Gasteiger partial charge in [0.25, 0.3) is 0 Å². The van der Waals surface area contributed by atoms with Crippen LogP contribution in [0.2, 0.25) is 0 Å². The molecule has 5 nitrogen and oxygen atoms in total. The molecule has 3 rings (SSSR count). The molecular formula is C20H25N3O2S2. The van der Waals surface area contributed by atoms with Crippen molar-refractivity contribution in [1.29, 1.82) is 0 Å². The van der Waals surface area contributed by atoms with Gasteiger partial charge in [-0.3, -0.25) is 4.90 Å². The first-order valence-electron chi connectivity index (χ1n) is 9.18. The van der Waals surface area contributed by atoms with E-state index >= 15 is 0 Å². The van der Waals surface area contributed by atoms with Gasteiger partial charge in [0.1, 0.15) is 5.00 Å². The predicted molar refractivity (Wildman–Crippen MR) is 116 cm³/mol. The maximum absolute atomic E-state index is 12.2. The van der Waals surface area contributed by atoms with Crippen molar-refractivity contribution in [1.82, 2.24) is 9.80 Å². The fourth-order valence-corrected chi connectivity index (χ4v) is 4.56. The van der Waals surface area contributed by atoms with Crippen LogP contribution in [0.1, 0.15) is 23.7 Å². The lowest BCUT2D eigenvalue weighted by molar-refractivity contribution is 0.0602. The van der Waals surface area contributed by atoms with Gasteiger partial charge >= 0.3 is 5.97 Å². The Balaban J connectivity index is 1.74. The summed E-state index contributed by atoms with van der Waals surface area (Å²) in [5, 5.41) is 4.69. The summed E-state index contributed by atoms with van der Waals surface area (Å²) < 4.78 is 4.96. The molecule has 2 heterocycles. The molecule has 0 saturated carbocycles. The van der Waals surface area contributed by atoms with Gasteiger partial charge < -0.3 is 15.0 Å². The van der Waals surface area contributed by atoms with Crippen LogP contribution in [0.15, 0.2) is 36.4 Å². The standard InChI is InChI=1S/C20H25N3O2S2/c1-3-9-22-10-12-23(13-11-22)20(26)21-18-16(19(24)25-2)14-17(27-18)15-7-5-4-6-8-15/h4-8,14H,3,9-13H2,1-2H3,(H,21,26). The van der Waals surface area contributed by atoms with Crippen molar-refractivity contribution in [3.63, 3.8) is 0 Å². The van der Waals surface area contributed by atoms with Crippen molar-refractivity contribution in [2.45, 2.75) is 13.3 Å². The molecule has 1 aliphatic heterocycles. The molecule has 2 aromatic rings. The maximum Gasteiger partial charge on any atom is 0.340 e. The van der Waals surface area contributed by atoms with E-state index in [4.69, 9.17) is 17.0 Å². The normalized spacial score (nSPS) is 14.8. The van der Waals surface area contributed by atoms with Crippen LogP contribution >= 0.6 is 23.6 Å². The fourth-order valence-electron chi connectivity index (χ4n) is 3.16. The smallest absolute Gasteiger partial charge is 0.340 e. The van der Waals surface area contributed by atoms with Crippen LogP contribution in [0.4, 0.5) is 5.00 Å². The molecule has 7 heteroatoms. The van der Waals surface area contributed by atoms with Gasteiger partial charge in [-0.05, 0) is 36.8 Å². The minimum Gasteiger partial charge on any atom is -0.465 e. The number of thiophene rings is 1. The van der Waals surface area contributed by atoms with Crippen LogP contribution < -0.4 is 5.32 Å². The number of anilines is 1. The number of carbonyl (C=O) groups excluding carboxylic acids is 1. The number of hydrogen-bond donors (Lipinski definition) is 1. The van der Waals surface area contributed by atoms with Gasteiger partial charge in [-0.15, -0.1) is 11.3 Å². The molecule has 0 aliphatic carbocycles. The van der Waals surface area contributed by atoms with E-state index < -0.39 is 0 Å². The number of hydrogen-bond acceptors (Lipinski definition) is 5. The van der Waals surface area contributed by atoms with Crippen molar-refractivity contribution in [2.24, 2.45) is 0 Å². The second-order valence-corrected chi connectivity index (χ2v) is 7.91. The maximum atomic E-state index is 12.2. The minimum atomic E-state index is -0.355. The number of benzene rings is 1. The molecule has 1 aromatic heterocycles. The number of thiocarbonyl (C=S) groups is 1. The highest BCUT2D eigenvalue weighted by Gasteiger charge is 2.22. The lowest BCUT2D eigenvalue weighted by Crippen LogP contribution is -2.50. The summed E-state index contributed by atoms with van der Waals surface area (Å²) >= 11 is 7.14. The molecule has 0 unspecified atom stereocenters. The lowest BCUT2D eigenvalue weighted by atomic mass is 10.1. The summed E-state index contributed by atoms with van der Waals surface area (Å²) in [6.45, 7) is 7.16. The van der Waals surface area contributed by atoms with E-state index in [9.17, 15) is 4.79 Å². The monoisotopic (exact) mass is 403 g/mol. The van der Waals surface area contributed by atoms with Crippen molar-refractivity contribution in [3.8, 4) is 10.4 Å². The van der Waals surface area contributed by atoms with Gasteiger partial charge in [0, 0.05) is 31.1 Å². The number of carbonyl (C=O) groups is 1. The van der Waals surface area contributed by atoms with Crippen LogP contribution in [0.25, 0.3) is 10.4 Å². The third kappa shape index (κ3) is 4.86. The summed E-state index contributed by atoms with van der Waals surface area (Å²) in [5.41, 5.74) is 1.59. The van der Waals surface area contributed by atoms with Gasteiger partial charge in [-0.25, -0.2) is 4.79 Å². The Morgan fingerprint density at radius 1 is 1.22 bits per heavy atom. The molecular weight excluding hydrogens is 378 g/mol. The summed E-state index contributed by atoms with van der Waals surface area (Å²) in [5.74, 6) is -0.355. The van der Waals surface area contributed by atoms with Crippen molar-refractivity contribution < 1.29 is 9.53 Å². The first kappa shape index (κ1) is 19.8. The minimum absolute atomic E-state index is 0.355. The quantitative estimate of drug-likeness (QED) is 0.603. The fraction of sp³-hybridized carbons (Fsp3) is 0.400. The zero-order valence-electron chi connectivity index (χ0n) is 15.7. The molecule has 1 N–H and O–H groups in total. The lowest BCUT2D eigenvalue weighted by Gasteiger charge is -2.36. The Bertz CT molecular complexity index is 784. The van der Waals surface area contributed by atoms with Crippen LogP contribution in [0, 0.1) is 0 Å². The molecule has 0 atom stereocenters. The highest BCUT2D eigenvalue weighted by atomic mass is 32.1. The van der Waals surface area contributed by atoms with Gasteiger partial charge in [-0.2, -0.15) is 0 Å². The Morgan fingerprint density at radius 3 is 2.56 bits per heavy atom. The predicted octanol–water partition coefficient (Wildman–Crippen LogP) is 3.93. The van der Waals surface area contributed by atoms with Crippen LogP contribution in [-0.2, 0) is 4.74 Å². The molecule has 1 fully saturated rings. The van der Waals surface area contributed by atoms with E-state index in [2.05, 4.69) is 22.0 Å². The average Bonchev–Trinajstić information content (AvgIpc) is 3.12. The molecule has 27 heavy (non-hydrogen) atoms. The number of nitrogens with zero attached hydrogens (tertiary/aromatic N) is 2. The molecule has 144 valence electrons. The summed E-state index contributed by atoms with van der Waals surface area (Å²) in [6, 6.07) is 11.9. The van der Waals surface area contributed by atoms with Crippen LogP contribution in [-0.4, -0.2) is 60.7 Å². The third-order valence-corrected chi connectivity index (χ3v) is 6.08. The number of piperazine rings is 1. The summed E-state index contributed by atoms with van der Waals surface area (Å²) in [7, 11) is 1.40. The van der Waals surface area contributed by atoms with E-state index in [1.165, 1.54) is 24.9 Å². The molecule has 0 bridgehead atoms. The first-order valence-corrected chi connectivity index (χ1v) is 10.4. The number of nitrogens with one attached hydrogen (secondary N) is 1. The van der Waals surface area contributed by atoms with Crippen molar-refractivity contribution >= 4 is 39.6 Å². The molecule has 1 aromatic carbocycles. The molecule has 1 saturated heterocycles. The van der Waals surface area contributed by atoms with Crippen molar-refractivity contribution in [3.05, 3.63) is 42.0 Å². The second-order valence-electron chi connectivity index (χ2n) is 6.47. The largest absolute Gasteiger partial charge is 0.465 e. The van der Waals surface area contributed by atoms with Crippen LogP contribution in [0.3, 0.4) is 0 Å². The number of rotatable bonds is 5. The van der Waals surface area contributed by atoms with Gasteiger partial charge in [0.05, 0.1) is 12.7 Å². The highest BCUT2D eigenvalue weighted by molar-refractivity contribution is 7.80. The van der Waals surface area contributed by atoms with Gasteiger partial charge in [0.2, 0.25) is 0 Å². The Labute approximate surface area is 169 Å². The van der Waals surface area contributed by atoms with E-state index in [0.717, 1.165) is 48.2 Å². The topological polar surface area (TPSA) is 44.8 Å². The number of methoxy groups -OCH3 is 1. The van der Waals surface area contributed by atoms with Crippen LogP contribution in [0.5, 0.6) is 0 Å². The van der Waals surface area contributed by atoms with E-state index in [-0.39, 0.29) is 5.97 Å². The van der Waals surface area contributed by atoms with E-state index in [0.29, 0.717) is 10.7 Å². The van der Waals surface area contributed by atoms with Crippen molar-refractivity contribution in [2.75, 3.05) is 45.2 Å². The van der Waals surface area contributed by atoms with E-state index in [1.807, 2.05) is 36.4 Å². The zero-order chi connectivity index (χ0) is 19.2. The van der Waals surface area contributed by atoms with E-state index in [1.54, 1.807) is 0 Å². The Hall–Kier alpha value is -1.96. The SMILES string of the molecule is CCCN1CCN(C(=S)Nc2sc(-c3ccccc3)cc2C(=O)OC)CC1. The third-order valence-electron chi connectivity index (χ3n) is 4.62. The molecule has 1 aliphatic rings. The molecule has 0 amide bonds. The number of ether oxygens (including phenoxy) is 1.